The molecule has 0 radical (unpaired) electrons. The van der Waals surface area contributed by atoms with Crippen molar-refractivity contribution in [1.82, 2.24) is 14.8 Å². The van der Waals surface area contributed by atoms with Gasteiger partial charge in [-0.15, -0.1) is 0 Å². The number of aromatic nitrogens is 1. The number of rotatable bonds is 4. The van der Waals surface area contributed by atoms with Crippen LogP contribution in [-0.2, 0) is 0 Å². The Balaban J connectivity index is 2.05. The fourth-order valence-corrected chi connectivity index (χ4v) is 3.12. The van der Waals surface area contributed by atoms with Crippen molar-refractivity contribution in [2.24, 2.45) is 0 Å². The van der Waals surface area contributed by atoms with Crippen molar-refractivity contribution in [2.75, 3.05) is 26.7 Å². The zero-order valence-corrected chi connectivity index (χ0v) is 13.3. The van der Waals surface area contributed by atoms with Crippen LogP contribution >= 0.6 is 23.2 Å². The predicted molar refractivity (Wildman–Crippen MR) is 81.5 cm³/mol. The van der Waals surface area contributed by atoms with Crippen LogP contribution in [-0.4, -0.2) is 53.4 Å². The van der Waals surface area contributed by atoms with Crippen LogP contribution in [0.5, 0.6) is 0 Å². The maximum Gasteiger partial charge on any atom is 0.256 e. The quantitative estimate of drug-likeness (QED) is 0.801. The molecule has 1 aliphatic rings. The molecule has 1 amide bonds. The average molecular weight is 316 g/mol. The van der Waals surface area contributed by atoms with Crippen LogP contribution in [0.1, 0.15) is 30.1 Å². The molecule has 0 saturated carbocycles. The zero-order valence-electron chi connectivity index (χ0n) is 11.8. The molecule has 20 heavy (non-hydrogen) atoms. The second-order valence-electron chi connectivity index (χ2n) is 5.08. The summed E-state index contributed by atoms with van der Waals surface area (Å²) in [4.78, 5) is 20.4. The average Bonchev–Trinajstić information content (AvgIpc) is 2.85. The molecule has 1 saturated heterocycles. The van der Waals surface area contributed by atoms with Gasteiger partial charge in [-0.05, 0) is 38.1 Å². The van der Waals surface area contributed by atoms with Crippen molar-refractivity contribution in [3.8, 4) is 0 Å². The molecule has 0 aromatic carbocycles. The number of amides is 1. The van der Waals surface area contributed by atoms with E-state index < -0.39 is 0 Å². The molecular weight excluding hydrogens is 297 g/mol. The van der Waals surface area contributed by atoms with Gasteiger partial charge in [0.05, 0.1) is 5.56 Å². The highest BCUT2D eigenvalue weighted by molar-refractivity contribution is 6.34. The number of halogens is 2. The zero-order chi connectivity index (χ0) is 14.7. The second kappa shape index (κ2) is 6.74. The van der Waals surface area contributed by atoms with Gasteiger partial charge in [-0.25, -0.2) is 4.98 Å². The molecule has 6 heteroatoms. The number of likely N-dealkylation sites (N-methyl/N-ethyl adjacent to an activating group) is 2. The molecule has 2 heterocycles. The summed E-state index contributed by atoms with van der Waals surface area (Å²) in [6, 6.07) is 3.65. The van der Waals surface area contributed by atoms with Crippen LogP contribution in [0.4, 0.5) is 0 Å². The van der Waals surface area contributed by atoms with E-state index in [-0.39, 0.29) is 11.1 Å². The number of carbonyl (C=O) groups is 1. The van der Waals surface area contributed by atoms with Gasteiger partial charge in [-0.2, -0.15) is 0 Å². The molecular formula is C14H19Cl2N3O. The molecule has 0 bridgehead atoms. The Labute approximate surface area is 129 Å². The van der Waals surface area contributed by atoms with E-state index in [1.54, 1.807) is 24.1 Å². The first-order valence-electron chi connectivity index (χ1n) is 6.84. The Hall–Kier alpha value is -0.840. The van der Waals surface area contributed by atoms with Gasteiger partial charge >= 0.3 is 0 Å². The molecule has 1 aromatic rings. The van der Waals surface area contributed by atoms with Crippen LogP contribution in [0, 0.1) is 0 Å². The maximum absolute atomic E-state index is 12.4. The van der Waals surface area contributed by atoms with E-state index in [2.05, 4.69) is 16.8 Å². The van der Waals surface area contributed by atoms with Gasteiger partial charge in [-0.1, -0.05) is 30.1 Å². The standard InChI is InChI=1S/C14H19Cl2N3O/c1-3-19-8-4-5-10(19)9-18(2)14(20)11-6-7-12(15)17-13(11)16/h6-7,10H,3-5,8-9H2,1-2H3. The van der Waals surface area contributed by atoms with E-state index in [4.69, 9.17) is 23.2 Å². The molecule has 1 aliphatic heterocycles. The largest absolute Gasteiger partial charge is 0.340 e. The van der Waals surface area contributed by atoms with Crippen molar-refractivity contribution in [1.29, 1.82) is 0 Å². The molecule has 0 aliphatic carbocycles. The fraction of sp³-hybridized carbons (Fsp3) is 0.571. The van der Waals surface area contributed by atoms with Crippen LogP contribution in [0.3, 0.4) is 0 Å². The summed E-state index contributed by atoms with van der Waals surface area (Å²) in [6.07, 6.45) is 2.34. The van der Waals surface area contributed by atoms with Gasteiger partial charge in [0, 0.05) is 19.6 Å². The van der Waals surface area contributed by atoms with Crippen molar-refractivity contribution in [3.05, 3.63) is 28.0 Å². The Morgan fingerprint density at radius 1 is 1.50 bits per heavy atom. The summed E-state index contributed by atoms with van der Waals surface area (Å²) in [5.41, 5.74) is 0.402. The molecule has 2 rings (SSSR count). The van der Waals surface area contributed by atoms with Gasteiger partial charge in [0.15, 0.2) is 0 Å². The van der Waals surface area contributed by atoms with Crippen molar-refractivity contribution in [2.45, 2.75) is 25.8 Å². The number of carbonyl (C=O) groups excluding carboxylic acids is 1. The number of likely N-dealkylation sites (tertiary alicyclic amines) is 1. The van der Waals surface area contributed by atoms with Crippen molar-refractivity contribution >= 4 is 29.1 Å². The first kappa shape index (κ1) is 15.5. The Morgan fingerprint density at radius 2 is 2.25 bits per heavy atom. The smallest absolute Gasteiger partial charge is 0.256 e. The normalized spacial score (nSPS) is 19.3. The summed E-state index contributed by atoms with van der Waals surface area (Å²) in [5, 5.41) is 0.454. The lowest BCUT2D eigenvalue weighted by Crippen LogP contribution is -2.41. The minimum Gasteiger partial charge on any atom is -0.340 e. The van der Waals surface area contributed by atoms with E-state index in [0.29, 0.717) is 23.3 Å². The first-order valence-corrected chi connectivity index (χ1v) is 7.60. The predicted octanol–water partition coefficient (Wildman–Crippen LogP) is 2.94. The Bertz CT molecular complexity index is 495. The highest BCUT2D eigenvalue weighted by atomic mass is 35.5. The van der Waals surface area contributed by atoms with Crippen LogP contribution < -0.4 is 0 Å². The summed E-state index contributed by atoms with van der Waals surface area (Å²) < 4.78 is 0. The van der Waals surface area contributed by atoms with Gasteiger partial charge < -0.3 is 4.90 Å². The van der Waals surface area contributed by atoms with Gasteiger partial charge in [0.2, 0.25) is 0 Å². The minimum absolute atomic E-state index is 0.109. The highest BCUT2D eigenvalue weighted by Gasteiger charge is 2.26. The fourth-order valence-electron chi connectivity index (χ4n) is 2.69. The molecule has 0 spiro atoms. The highest BCUT2D eigenvalue weighted by Crippen LogP contribution is 2.21. The van der Waals surface area contributed by atoms with E-state index in [1.807, 2.05) is 0 Å². The van der Waals surface area contributed by atoms with Crippen LogP contribution in [0.25, 0.3) is 0 Å². The lowest BCUT2D eigenvalue weighted by molar-refractivity contribution is 0.0754. The lowest BCUT2D eigenvalue weighted by atomic mass is 10.2. The molecule has 1 aromatic heterocycles. The van der Waals surface area contributed by atoms with Gasteiger partial charge in [0.25, 0.3) is 5.91 Å². The molecule has 1 atom stereocenters. The lowest BCUT2D eigenvalue weighted by Gasteiger charge is -2.27. The molecule has 1 unspecified atom stereocenters. The maximum atomic E-state index is 12.4. The third-order valence-electron chi connectivity index (χ3n) is 3.78. The van der Waals surface area contributed by atoms with E-state index >= 15 is 0 Å². The van der Waals surface area contributed by atoms with Gasteiger partial charge in [-0.3, -0.25) is 9.69 Å². The first-order chi connectivity index (χ1) is 9.52. The third kappa shape index (κ3) is 3.43. The van der Waals surface area contributed by atoms with Crippen molar-refractivity contribution in [3.63, 3.8) is 0 Å². The summed E-state index contributed by atoms with van der Waals surface area (Å²) in [6.45, 7) is 5.01. The molecule has 0 N–H and O–H groups in total. The second-order valence-corrected chi connectivity index (χ2v) is 5.83. The van der Waals surface area contributed by atoms with Crippen molar-refractivity contribution < 1.29 is 4.79 Å². The van der Waals surface area contributed by atoms with E-state index in [0.717, 1.165) is 19.5 Å². The Kier molecular flexibility index (Phi) is 5.24. The number of nitrogens with zero attached hydrogens (tertiary/aromatic N) is 3. The molecule has 1 fully saturated rings. The van der Waals surface area contributed by atoms with Crippen LogP contribution in [0.2, 0.25) is 10.3 Å². The molecule has 110 valence electrons. The summed E-state index contributed by atoms with van der Waals surface area (Å²) >= 11 is 11.7. The van der Waals surface area contributed by atoms with Gasteiger partial charge in [0.1, 0.15) is 10.3 Å². The minimum atomic E-state index is -0.109. The monoisotopic (exact) mass is 315 g/mol. The summed E-state index contributed by atoms with van der Waals surface area (Å²) in [7, 11) is 1.80. The van der Waals surface area contributed by atoms with E-state index in [1.165, 1.54) is 6.42 Å². The van der Waals surface area contributed by atoms with E-state index in [9.17, 15) is 4.79 Å². The summed E-state index contributed by atoms with van der Waals surface area (Å²) in [5.74, 6) is -0.109. The number of hydrogen-bond donors (Lipinski definition) is 0. The molecule has 4 nitrogen and oxygen atoms in total. The van der Waals surface area contributed by atoms with Crippen LogP contribution in [0.15, 0.2) is 12.1 Å². The Morgan fingerprint density at radius 3 is 2.90 bits per heavy atom. The number of pyridine rings is 1. The SMILES string of the molecule is CCN1CCCC1CN(C)C(=O)c1ccc(Cl)nc1Cl. The third-order valence-corrected chi connectivity index (χ3v) is 4.28. The topological polar surface area (TPSA) is 36.4 Å². The number of hydrogen-bond acceptors (Lipinski definition) is 3.